The van der Waals surface area contributed by atoms with Crippen LogP contribution in [0.3, 0.4) is 0 Å². The van der Waals surface area contributed by atoms with Gasteiger partial charge in [-0.15, -0.1) is 0 Å². The zero-order valence-electron chi connectivity index (χ0n) is 16.3. The van der Waals surface area contributed by atoms with Crippen molar-refractivity contribution in [3.05, 3.63) is 59.4 Å². The fourth-order valence-corrected chi connectivity index (χ4v) is 4.36. The third-order valence-corrected chi connectivity index (χ3v) is 6.47. The van der Waals surface area contributed by atoms with E-state index in [0.717, 1.165) is 5.56 Å². The summed E-state index contributed by atoms with van der Waals surface area (Å²) in [5.41, 5.74) is 1.00. The van der Waals surface area contributed by atoms with Crippen molar-refractivity contribution in [1.82, 2.24) is 19.4 Å². The molecule has 0 atom stereocenters. The second-order valence-electron chi connectivity index (χ2n) is 6.36. The van der Waals surface area contributed by atoms with Crippen LogP contribution < -0.4 is 0 Å². The lowest BCUT2D eigenvalue weighted by molar-refractivity contribution is 0.372. The number of benzene rings is 1. The Morgan fingerprint density at radius 2 is 1.79 bits per heavy atom. The van der Waals surface area contributed by atoms with Crippen LogP contribution in [0.1, 0.15) is 42.8 Å². The summed E-state index contributed by atoms with van der Waals surface area (Å²) in [5.74, 6) is 2.37. The van der Waals surface area contributed by atoms with Crippen molar-refractivity contribution in [2.24, 2.45) is 0 Å². The van der Waals surface area contributed by atoms with Crippen molar-refractivity contribution in [1.29, 1.82) is 0 Å². The maximum Gasteiger partial charge on any atom is 0.243 e. The Morgan fingerprint density at radius 1 is 1.07 bits per heavy atom. The van der Waals surface area contributed by atoms with Gasteiger partial charge in [0.15, 0.2) is 11.7 Å². The normalized spacial score (nSPS) is 12.0. The molecular formula is C19H24N4O4S. The molecule has 0 bridgehead atoms. The van der Waals surface area contributed by atoms with Crippen LogP contribution in [-0.4, -0.2) is 40.9 Å². The molecule has 0 unspecified atom stereocenters. The molecule has 150 valence electrons. The Balaban J connectivity index is 1.59. The summed E-state index contributed by atoms with van der Waals surface area (Å²) >= 11 is 0. The number of hydrogen-bond acceptors (Lipinski definition) is 7. The highest BCUT2D eigenvalue weighted by molar-refractivity contribution is 7.89. The second-order valence-corrected chi connectivity index (χ2v) is 8.30. The van der Waals surface area contributed by atoms with Crippen LogP contribution >= 0.6 is 0 Å². The Morgan fingerprint density at radius 3 is 2.39 bits per heavy atom. The number of aryl methyl sites for hydroxylation is 3. The van der Waals surface area contributed by atoms with Crippen LogP contribution in [0, 0.1) is 6.92 Å². The fourth-order valence-electron chi connectivity index (χ4n) is 2.90. The molecule has 1 aromatic carbocycles. The number of hydrogen-bond donors (Lipinski definition) is 0. The molecule has 0 N–H and O–H groups in total. The minimum absolute atomic E-state index is 0.308. The number of sulfonamides is 1. The zero-order chi connectivity index (χ0) is 20.1. The first-order valence-electron chi connectivity index (χ1n) is 9.24. The molecular weight excluding hydrogens is 380 g/mol. The average molecular weight is 404 g/mol. The molecule has 0 aliphatic carbocycles. The first kappa shape index (κ1) is 20.2. The van der Waals surface area contributed by atoms with Gasteiger partial charge < -0.3 is 8.94 Å². The molecule has 0 saturated heterocycles. The Kier molecular flexibility index (Phi) is 6.25. The molecule has 3 rings (SSSR count). The predicted molar refractivity (Wildman–Crippen MR) is 102 cm³/mol. The van der Waals surface area contributed by atoms with E-state index in [0.29, 0.717) is 60.6 Å². The lowest BCUT2D eigenvalue weighted by Crippen LogP contribution is -2.30. The molecule has 3 aromatic rings. The van der Waals surface area contributed by atoms with Crippen molar-refractivity contribution in [3.8, 4) is 0 Å². The molecule has 9 heteroatoms. The summed E-state index contributed by atoms with van der Waals surface area (Å²) in [6.45, 7) is 6.35. The maximum absolute atomic E-state index is 12.5. The minimum atomic E-state index is -3.43. The van der Waals surface area contributed by atoms with E-state index in [-0.39, 0.29) is 0 Å². The average Bonchev–Trinajstić information content (AvgIpc) is 3.30. The molecule has 0 aliphatic heterocycles. The van der Waals surface area contributed by atoms with Crippen LogP contribution in [0.25, 0.3) is 0 Å². The van der Waals surface area contributed by atoms with E-state index in [2.05, 4.69) is 15.1 Å². The minimum Gasteiger partial charge on any atom is -0.446 e. The predicted octanol–water partition coefficient (Wildman–Crippen LogP) is 2.77. The highest BCUT2D eigenvalue weighted by atomic mass is 32.2. The molecule has 0 saturated carbocycles. The number of oxazole rings is 1. The van der Waals surface area contributed by atoms with Crippen LogP contribution in [-0.2, 0) is 29.3 Å². The van der Waals surface area contributed by atoms with Gasteiger partial charge in [0.2, 0.25) is 15.9 Å². The summed E-state index contributed by atoms with van der Waals surface area (Å²) in [6, 6.07) is 6.94. The lowest BCUT2D eigenvalue weighted by Gasteiger charge is -2.18. The maximum atomic E-state index is 12.5. The zero-order valence-corrected chi connectivity index (χ0v) is 17.1. The molecule has 28 heavy (non-hydrogen) atoms. The SMILES string of the molecule is CCN(CC)S(=O)(=O)c1ccc(CCc2nc(Cc3cnc(C)o3)no2)cc1. The summed E-state index contributed by atoms with van der Waals surface area (Å²) in [6.07, 6.45) is 3.33. The summed E-state index contributed by atoms with van der Waals surface area (Å²) in [5, 5.41) is 3.96. The monoisotopic (exact) mass is 404 g/mol. The van der Waals surface area contributed by atoms with E-state index in [4.69, 9.17) is 8.94 Å². The Bertz CT molecular complexity index is 1000. The highest BCUT2D eigenvalue weighted by Gasteiger charge is 2.21. The van der Waals surface area contributed by atoms with Crippen LogP contribution in [0.15, 0.2) is 44.3 Å². The van der Waals surface area contributed by atoms with Gasteiger partial charge in [-0.1, -0.05) is 31.1 Å². The summed E-state index contributed by atoms with van der Waals surface area (Å²) in [4.78, 5) is 8.71. The van der Waals surface area contributed by atoms with Gasteiger partial charge in [0.05, 0.1) is 17.5 Å². The van der Waals surface area contributed by atoms with Crippen molar-refractivity contribution in [3.63, 3.8) is 0 Å². The van der Waals surface area contributed by atoms with E-state index in [9.17, 15) is 8.42 Å². The van der Waals surface area contributed by atoms with Crippen LogP contribution in [0.2, 0.25) is 0 Å². The fraction of sp³-hybridized carbons (Fsp3) is 0.421. The third kappa shape index (κ3) is 4.66. The molecule has 2 heterocycles. The van der Waals surface area contributed by atoms with Crippen LogP contribution in [0.4, 0.5) is 0 Å². The molecule has 0 amide bonds. The van der Waals surface area contributed by atoms with E-state index in [1.807, 2.05) is 26.0 Å². The van der Waals surface area contributed by atoms with Gasteiger partial charge in [0.1, 0.15) is 5.76 Å². The molecule has 0 aliphatic rings. The van der Waals surface area contributed by atoms with Gasteiger partial charge in [0.25, 0.3) is 0 Å². The molecule has 0 fully saturated rings. The Labute approximate surface area is 164 Å². The lowest BCUT2D eigenvalue weighted by atomic mass is 10.1. The van der Waals surface area contributed by atoms with Gasteiger partial charge in [-0.3, -0.25) is 0 Å². The number of aromatic nitrogens is 3. The number of rotatable bonds is 9. The van der Waals surface area contributed by atoms with E-state index >= 15 is 0 Å². The number of nitrogens with zero attached hydrogens (tertiary/aromatic N) is 4. The van der Waals surface area contributed by atoms with E-state index in [1.54, 1.807) is 25.3 Å². The van der Waals surface area contributed by atoms with Crippen molar-refractivity contribution in [2.45, 2.75) is 44.9 Å². The topological polar surface area (TPSA) is 102 Å². The van der Waals surface area contributed by atoms with Crippen molar-refractivity contribution >= 4 is 10.0 Å². The first-order chi connectivity index (χ1) is 13.4. The Hall–Kier alpha value is -2.52. The summed E-state index contributed by atoms with van der Waals surface area (Å²) in [7, 11) is -3.43. The molecule has 0 radical (unpaired) electrons. The van der Waals surface area contributed by atoms with Crippen LogP contribution in [0.5, 0.6) is 0 Å². The van der Waals surface area contributed by atoms with E-state index < -0.39 is 10.0 Å². The standard InChI is InChI=1S/C19H24N4O4S/c1-4-23(5-2)28(24,25)17-9-6-15(7-10-17)8-11-19-21-18(22-27-19)12-16-13-20-14(3)26-16/h6-7,9-10,13H,4-5,8,11-12H2,1-3H3. The van der Waals surface area contributed by atoms with Gasteiger partial charge in [-0.2, -0.15) is 9.29 Å². The third-order valence-electron chi connectivity index (χ3n) is 4.41. The smallest absolute Gasteiger partial charge is 0.243 e. The quantitative estimate of drug-likeness (QED) is 0.540. The van der Waals surface area contributed by atoms with Gasteiger partial charge in [-0.25, -0.2) is 13.4 Å². The van der Waals surface area contributed by atoms with Gasteiger partial charge in [0, 0.05) is 26.4 Å². The van der Waals surface area contributed by atoms with Gasteiger partial charge in [-0.05, 0) is 24.1 Å². The van der Waals surface area contributed by atoms with Crippen molar-refractivity contribution in [2.75, 3.05) is 13.1 Å². The van der Waals surface area contributed by atoms with Crippen molar-refractivity contribution < 1.29 is 17.4 Å². The van der Waals surface area contributed by atoms with E-state index in [1.165, 1.54) is 4.31 Å². The summed E-state index contributed by atoms with van der Waals surface area (Å²) < 4.78 is 37.2. The largest absolute Gasteiger partial charge is 0.446 e. The van der Waals surface area contributed by atoms with Gasteiger partial charge >= 0.3 is 0 Å². The molecule has 0 spiro atoms. The second kappa shape index (κ2) is 8.66. The molecule has 8 nitrogen and oxygen atoms in total. The first-order valence-corrected chi connectivity index (χ1v) is 10.7. The molecule has 2 aromatic heterocycles. The highest BCUT2D eigenvalue weighted by Crippen LogP contribution is 2.17.